The van der Waals surface area contributed by atoms with Crippen molar-refractivity contribution in [2.45, 2.75) is 45.1 Å². The van der Waals surface area contributed by atoms with E-state index in [4.69, 9.17) is 0 Å². The Morgan fingerprint density at radius 1 is 1.19 bits per heavy atom. The Bertz CT molecular complexity index is 1200. The number of aryl methyl sites for hydroxylation is 2. The van der Waals surface area contributed by atoms with Gasteiger partial charge in [-0.2, -0.15) is 0 Å². The molecule has 0 saturated carbocycles. The molecule has 2 N–H and O–H groups in total. The van der Waals surface area contributed by atoms with E-state index in [0.29, 0.717) is 28.2 Å². The number of alkyl halides is 2. The molecular formula is C23H26F3N5O. The lowest BCUT2D eigenvalue weighted by Gasteiger charge is -2.24. The van der Waals surface area contributed by atoms with E-state index in [1.54, 1.807) is 20.9 Å². The van der Waals surface area contributed by atoms with Gasteiger partial charge in [0.15, 0.2) is 0 Å². The SMILES string of the molecule is Cc1nc(N[C@H](C)c2cccc(C(F)F)c2F)c2cc(C3CCNCC3)c(=O)n(C)c2n1. The quantitative estimate of drug-likeness (QED) is 0.611. The first-order valence-electron chi connectivity index (χ1n) is 10.7. The second-order valence-corrected chi connectivity index (χ2v) is 8.26. The topological polar surface area (TPSA) is 71.8 Å². The molecule has 2 aromatic heterocycles. The number of pyridine rings is 1. The summed E-state index contributed by atoms with van der Waals surface area (Å²) in [5.74, 6) is 0.0812. The normalized spacial score (nSPS) is 16.0. The molecule has 170 valence electrons. The van der Waals surface area contributed by atoms with Crippen LogP contribution in [0.5, 0.6) is 0 Å². The number of rotatable bonds is 5. The number of nitrogens with one attached hydrogen (secondary N) is 2. The Morgan fingerprint density at radius 3 is 2.56 bits per heavy atom. The summed E-state index contributed by atoms with van der Waals surface area (Å²) in [6.45, 7) is 5.08. The molecule has 6 nitrogen and oxygen atoms in total. The second kappa shape index (κ2) is 8.90. The minimum atomic E-state index is -2.90. The molecule has 1 aliphatic heterocycles. The fourth-order valence-corrected chi connectivity index (χ4v) is 4.35. The van der Waals surface area contributed by atoms with Crippen molar-refractivity contribution in [3.8, 4) is 0 Å². The molecule has 4 rings (SSSR count). The minimum absolute atomic E-state index is 0.0859. The highest BCUT2D eigenvalue weighted by Gasteiger charge is 2.23. The highest BCUT2D eigenvalue weighted by Crippen LogP contribution is 2.31. The van der Waals surface area contributed by atoms with E-state index in [-0.39, 0.29) is 17.0 Å². The molecule has 1 saturated heterocycles. The Morgan fingerprint density at radius 2 is 1.88 bits per heavy atom. The predicted octanol–water partition coefficient (Wildman–Crippen LogP) is 4.35. The molecule has 0 aliphatic carbocycles. The van der Waals surface area contributed by atoms with Gasteiger partial charge in [0.2, 0.25) is 0 Å². The molecule has 1 aromatic carbocycles. The number of aromatic nitrogens is 3. The van der Waals surface area contributed by atoms with Crippen molar-refractivity contribution in [2.24, 2.45) is 7.05 Å². The summed E-state index contributed by atoms with van der Waals surface area (Å²) in [5, 5.41) is 7.11. The number of piperidine rings is 1. The molecule has 1 aliphatic rings. The van der Waals surface area contributed by atoms with E-state index in [0.717, 1.165) is 32.0 Å². The summed E-state index contributed by atoms with van der Waals surface area (Å²) >= 11 is 0. The summed E-state index contributed by atoms with van der Waals surface area (Å²) < 4.78 is 42.5. The van der Waals surface area contributed by atoms with Gasteiger partial charge in [-0.05, 0) is 51.8 Å². The van der Waals surface area contributed by atoms with E-state index in [1.807, 2.05) is 6.07 Å². The molecule has 1 atom stereocenters. The first kappa shape index (κ1) is 22.3. The number of halogens is 3. The van der Waals surface area contributed by atoms with E-state index in [9.17, 15) is 18.0 Å². The molecular weight excluding hydrogens is 419 g/mol. The third-order valence-electron chi connectivity index (χ3n) is 6.10. The van der Waals surface area contributed by atoms with Crippen LogP contribution in [0.25, 0.3) is 11.0 Å². The van der Waals surface area contributed by atoms with Crippen LogP contribution in [0.3, 0.4) is 0 Å². The fraction of sp³-hybridized carbons (Fsp3) is 0.435. The molecule has 0 amide bonds. The lowest BCUT2D eigenvalue weighted by atomic mass is 9.90. The number of hydrogen-bond acceptors (Lipinski definition) is 5. The number of hydrogen-bond donors (Lipinski definition) is 2. The maximum atomic E-state index is 14.7. The molecule has 3 aromatic rings. The lowest BCUT2D eigenvalue weighted by molar-refractivity contribution is 0.146. The van der Waals surface area contributed by atoms with Gasteiger partial charge < -0.3 is 10.6 Å². The van der Waals surface area contributed by atoms with Crippen LogP contribution in [0, 0.1) is 12.7 Å². The van der Waals surface area contributed by atoms with E-state index in [1.165, 1.54) is 16.7 Å². The summed E-state index contributed by atoms with van der Waals surface area (Å²) in [4.78, 5) is 22.0. The standard InChI is InChI=1S/C23H26F3N5O/c1-12(15-5-4-6-16(19(15)24)20(25)26)28-21-18-11-17(14-7-9-27-10-8-14)23(32)31(3)22(18)30-13(2)29-21/h4-6,11-12,14,20,27H,7-10H2,1-3H3,(H,28,29,30)/t12-/m1/s1. The molecule has 0 unspecified atom stereocenters. The van der Waals surface area contributed by atoms with Crippen molar-refractivity contribution in [1.29, 1.82) is 0 Å². The third-order valence-corrected chi connectivity index (χ3v) is 6.10. The van der Waals surface area contributed by atoms with E-state index in [2.05, 4.69) is 20.6 Å². The van der Waals surface area contributed by atoms with Crippen molar-refractivity contribution >= 4 is 16.9 Å². The average Bonchev–Trinajstić information content (AvgIpc) is 2.77. The average molecular weight is 445 g/mol. The van der Waals surface area contributed by atoms with Gasteiger partial charge in [0.05, 0.1) is 17.0 Å². The Labute approximate surface area is 183 Å². The maximum absolute atomic E-state index is 14.7. The van der Waals surface area contributed by atoms with Crippen LogP contribution in [-0.4, -0.2) is 27.6 Å². The number of benzene rings is 1. The first-order chi connectivity index (χ1) is 15.3. The van der Waals surface area contributed by atoms with Crippen molar-refractivity contribution in [3.63, 3.8) is 0 Å². The van der Waals surface area contributed by atoms with Gasteiger partial charge in [-0.3, -0.25) is 9.36 Å². The van der Waals surface area contributed by atoms with Crippen LogP contribution in [0.15, 0.2) is 29.1 Å². The van der Waals surface area contributed by atoms with Gasteiger partial charge in [0, 0.05) is 18.2 Å². The van der Waals surface area contributed by atoms with Crippen LogP contribution in [0.4, 0.5) is 19.0 Å². The van der Waals surface area contributed by atoms with Crippen molar-refractivity contribution in [2.75, 3.05) is 18.4 Å². The number of anilines is 1. The van der Waals surface area contributed by atoms with Gasteiger partial charge in [0.1, 0.15) is 23.1 Å². The van der Waals surface area contributed by atoms with Crippen LogP contribution >= 0.6 is 0 Å². The molecule has 32 heavy (non-hydrogen) atoms. The molecule has 0 spiro atoms. The summed E-state index contributed by atoms with van der Waals surface area (Å²) in [5.41, 5.74) is 0.579. The van der Waals surface area contributed by atoms with Gasteiger partial charge in [-0.15, -0.1) is 0 Å². The molecule has 0 radical (unpaired) electrons. The molecule has 9 heteroatoms. The summed E-state index contributed by atoms with van der Waals surface area (Å²) in [7, 11) is 1.68. The lowest BCUT2D eigenvalue weighted by Crippen LogP contribution is -2.31. The first-order valence-corrected chi connectivity index (χ1v) is 10.7. The molecule has 3 heterocycles. The predicted molar refractivity (Wildman–Crippen MR) is 118 cm³/mol. The second-order valence-electron chi connectivity index (χ2n) is 8.26. The van der Waals surface area contributed by atoms with Gasteiger partial charge in [-0.25, -0.2) is 23.1 Å². The maximum Gasteiger partial charge on any atom is 0.266 e. The monoisotopic (exact) mass is 445 g/mol. The van der Waals surface area contributed by atoms with E-state index < -0.39 is 23.8 Å². The highest BCUT2D eigenvalue weighted by atomic mass is 19.3. The van der Waals surface area contributed by atoms with Crippen molar-refractivity contribution in [3.05, 3.63) is 63.0 Å². The number of nitrogens with zero attached hydrogens (tertiary/aromatic N) is 3. The zero-order valence-corrected chi connectivity index (χ0v) is 18.3. The molecule has 1 fully saturated rings. The summed E-state index contributed by atoms with van der Waals surface area (Å²) in [6.07, 6.45) is -1.18. The fourth-order valence-electron chi connectivity index (χ4n) is 4.35. The van der Waals surface area contributed by atoms with Crippen molar-refractivity contribution < 1.29 is 13.2 Å². The largest absolute Gasteiger partial charge is 0.363 e. The van der Waals surface area contributed by atoms with Gasteiger partial charge >= 0.3 is 0 Å². The highest BCUT2D eigenvalue weighted by molar-refractivity contribution is 5.87. The van der Waals surface area contributed by atoms with Gasteiger partial charge in [-0.1, -0.05) is 18.2 Å². The van der Waals surface area contributed by atoms with Crippen LogP contribution in [-0.2, 0) is 7.05 Å². The van der Waals surface area contributed by atoms with E-state index >= 15 is 0 Å². The zero-order valence-electron chi connectivity index (χ0n) is 18.3. The minimum Gasteiger partial charge on any atom is -0.363 e. The van der Waals surface area contributed by atoms with Gasteiger partial charge in [0.25, 0.3) is 12.0 Å². The smallest absolute Gasteiger partial charge is 0.266 e. The summed E-state index contributed by atoms with van der Waals surface area (Å²) in [6, 6.07) is 5.17. The molecule has 0 bridgehead atoms. The Hall–Kier alpha value is -2.94. The van der Waals surface area contributed by atoms with Crippen molar-refractivity contribution in [1.82, 2.24) is 19.9 Å². The zero-order chi connectivity index (χ0) is 23.0. The Balaban J connectivity index is 1.79. The number of fused-ring (bicyclic) bond motifs is 1. The third kappa shape index (κ3) is 4.09. The van der Waals surface area contributed by atoms with Crippen LogP contribution < -0.4 is 16.2 Å². The Kier molecular flexibility index (Phi) is 6.19. The van der Waals surface area contributed by atoms with Crippen LogP contribution in [0.2, 0.25) is 0 Å². The van der Waals surface area contributed by atoms with Crippen LogP contribution in [0.1, 0.15) is 60.7 Å².